The standard InChI is InChI=1S/C19H20N4O3S2/c1-3-28(25,26)17-10-6-15(7-11-17)21-18(24)12-27-19-22-20-13-23(19)16-8-4-14(2)5-9-16/h4-11,13H,3,12H2,1-2H3,(H,21,24). The summed E-state index contributed by atoms with van der Waals surface area (Å²) in [5, 5.41) is 11.4. The van der Waals surface area contributed by atoms with Gasteiger partial charge in [-0.1, -0.05) is 36.4 Å². The van der Waals surface area contributed by atoms with E-state index in [1.165, 1.54) is 23.9 Å². The van der Waals surface area contributed by atoms with Gasteiger partial charge >= 0.3 is 0 Å². The number of benzene rings is 2. The molecule has 0 aliphatic rings. The highest BCUT2D eigenvalue weighted by Crippen LogP contribution is 2.21. The average molecular weight is 417 g/mol. The highest BCUT2D eigenvalue weighted by molar-refractivity contribution is 7.99. The number of hydrogen-bond acceptors (Lipinski definition) is 6. The van der Waals surface area contributed by atoms with E-state index >= 15 is 0 Å². The maximum Gasteiger partial charge on any atom is 0.234 e. The number of carbonyl (C=O) groups excluding carboxylic acids is 1. The van der Waals surface area contributed by atoms with Crippen LogP contribution >= 0.6 is 11.8 Å². The Bertz CT molecular complexity index is 1060. The molecule has 0 aliphatic carbocycles. The molecule has 9 heteroatoms. The summed E-state index contributed by atoms with van der Waals surface area (Å²) in [5.41, 5.74) is 2.62. The Hall–Kier alpha value is -2.65. The van der Waals surface area contributed by atoms with Gasteiger partial charge in [0.2, 0.25) is 5.91 Å². The molecule has 1 amide bonds. The molecule has 0 radical (unpaired) electrons. The molecule has 0 fully saturated rings. The Balaban J connectivity index is 1.61. The normalized spacial score (nSPS) is 11.4. The van der Waals surface area contributed by atoms with Crippen molar-refractivity contribution in [3.63, 3.8) is 0 Å². The first kappa shape index (κ1) is 20.1. The Labute approximate surface area is 168 Å². The maximum absolute atomic E-state index is 12.2. The molecule has 3 aromatic rings. The lowest BCUT2D eigenvalue weighted by Gasteiger charge is -2.08. The molecule has 7 nitrogen and oxygen atoms in total. The first-order valence-corrected chi connectivity index (χ1v) is 11.3. The third-order valence-electron chi connectivity index (χ3n) is 4.04. The number of amides is 1. The molecule has 0 spiro atoms. The van der Waals surface area contributed by atoms with Gasteiger partial charge in [-0.2, -0.15) is 0 Å². The van der Waals surface area contributed by atoms with Gasteiger partial charge in [0.25, 0.3) is 0 Å². The van der Waals surface area contributed by atoms with E-state index in [9.17, 15) is 13.2 Å². The largest absolute Gasteiger partial charge is 0.325 e. The van der Waals surface area contributed by atoms with Crippen molar-refractivity contribution in [1.29, 1.82) is 0 Å². The number of rotatable bonds is 7. The minimum Gasteiger partial charge on any atom is -0.325 e. The number of nitrogens with one attached hydrogen (secondary N) is 1. The average Bonchev–Trinajstić information content (AvgIpc) is 3.16. The van der Waals surface area contributed by atoms with Gasteiger partial charge in [0, 0.05) is 11.4 Å². The van der Waals surface area contributed by atoms with Gasteiger partial charge in [0.15, 0.2) is 15.0 Å². The molecule has 28 heavy (non-hydrogen) atoms. The number of nitrogens with zero attached hydrogens (tertiary/aromatic N) is 3. The number of carbonyl (C=O) groups is 1. The first-order valence-electron chi connectivity index (χ1n) is 8.61. The highest BCUT2D eigenvalue weighted by atomic mass is 32.2. The van der Waals surface area contributed by atoms with E-state index in [4.69, 9.17) is 0 Å². The summed E-state index contributed by atoms with van der Waals surface area (Å²) in [6.07, 6.45) is 1.61. The fourth-order valence-corrected chi connectivity index (χ4v) is 4.06. The summed E-state index contributed by atoms with van der Waals surface area (Å²) in [4.78, 5) is 12.5. The predicted octanol–water partition coefficient (Wildman–Crippen LogP) is 3.10. The monoisotopic (exact) mass is 416 g/mol. The van der Waals surface area contributed by atoms with Crippen LogP contribution in [0.15, 0.2) is 64.9 Å². The Morgan fingerprint density at radius 3 is 2.43 bits per heavy atom. The second-order valence-corrected chi connectivity index (χ2v) is 9.30. The van der Waals surface area contributed by atoms with E-state index in [0.29, 0.717) is 10.8 Å². The molecular weight excluding hydrogens is 396 g/mol. The van der Waals surface area contributed by atoms with Crippen molar-refractivity contribution in [2.45, 2.75) is 23.9 Å². The molecule has 0 atom stereocenters. The van der Waals surface area contributed by atoms with Gasteiger partial charge in [-0.3, -0.25) is 9.36 Å². The Morgan fingerprint density at radius 1 is 1.11 bits per heavy atom. The number of anilines is 1. The Morgan fingerprint density at radius 2 is 1.79 bits per heavy atom. The fourth-order valence-electron chi connectivity index (χ4n) is 2.44. The van der Waals surface area contributed by atoms with Crippen molar-refractivity contribution in [2.24, 2.45) is 0 Å². The summed E-state index contributed by atoms with van der Waals surface area (Å²) in [6.45, 7) is 3.61. The molecule has 3 rings (SSSR count). The van der Waals surface area contributed by atoms with E-state index in [2.05, 4.69) is 15.5 Å². The van der Waals surface area contributed by atoms with Crippen molar-refractivity contribution >= 4 is 33.2 Å². The van der Waals surface area contributed by atoms with E-state index in [1.807, 2.05) is 35.8 Å². The topological polar surface area (TPSA) is 93.9 Å². The third kappa shape index (κ3) is 4.79. The summed E-state index contributed by atoms with van der Waals surface area (Å²) in [6, 6.07) is 14.1. The third-order valence-corrected chi connectivity index (χ3v) is 6.73. The van der Waals surface area contributed by atoms with Crippen LogP contribution in [0.5, 0.6) is 0 Å². The number of hydrogen-bond donors (Lipinski definition) is 1. The second-order valence-electron chi connectivity index (χ2n) is 6.08. The van der Waals surface area contributed by atoms with Crippen LogP contribution in [0, 0.1) is 6.92 Å². The molecule has 0 aliphatic heterocycles. The molecular formula is C19H20N4O3S2. The predicted molar refractivity (Wildman–Crippen MR) is 110 cm³/mol. The number of thioether (sulfide) groups is 1. The molecule has 0 saturated heterocycles. The summed E-state index contributed by atoms with van der Waals surface area (Å²) >= 11 is 1.27. The zero-order valence-corrected chi connectivity index (χ0v) is 17.1. The van der Waals surface area contributed by atoms with Crippen molar-refractivity contribution in [3.8, 4) is 5.69 Å². The highest BCUT2D eigenvalue weighted by Gasteiger charge is 2.13. The van der Waals surface area contributed by atoms with Gasteiger partial charge in [-0.05, 0) is 43.3 Å². The summed E-state index contributed by atoms with van der Waals surface area (Å²) in [5.74, 6) is -0.0223. The summed E-state index contributed by atoms with van der Waals surface area (Å²) in [7, 11) is -3.25. The quantitative estimate of drug-likeness (QED) is 0.595. The van der Waals surface area contributed by atoms with Crippen LogP contribution in [-0.4, -0.2) is 40.6 Å². The lowest BCUT2D eigenvalue weighted by molar-refractivity contribution is -0.113. The molecule has 2 aromatic carbocycles. The van der Waals surface area contributed by atoms with E-state index < -0.39 is 9.84 Å². The van der Waals surface area contributed by atoms with Crippen molar-refractivity contribution in [2.75, 3.05) is 16.8 Å². The van der Waals surface area contributed by atoms with E-state index in [1.54, 1.807) is 25.4 Å². The van der Waals surface area contributed by atoms with Gasteiger partial charge < -0.3 is 5.32 Å². The lowest BCUT2D eigenvalue weighted by Crippen LogP contribution is -2.14. The molecule has 0 unspecified atom stereocenters. The smallest absolute Gasteiger partial charge is 0.234 e. The second kappa shape index (κ2) is 8.57. The van der Waals surface area contributed by atoms with Crippen LogP contribution in [0.2, 0.25) is 0 Å². The minimum absolute atomic E-state index is 0.0387. The molecule has 146 valence electrons. The van der Waals surface area contributed by atoms with Crippen LogP contribution in [0.1, 0.15) is 12.5 Å². The number of aryl methyl sites for hydroxylation is 1. The van der Waals surface area contributed by atoms with Crippen molar-refractivity contribution < 1.29 is 13.2 Å². The number of aromatic nitrogens is 3. The van der Waals surface area contributed by atoms with E-state index in [0.717, 1.165) is 11.3 Å². The SMILES string of the molecule is CCS(=O)(=O)c1ccc(NC(=O)CSc2nncn2-c2ccc(C)cc2)cc1. The molecule has 0 saturated carbocycles. The van der Waals surface area contributed by atoms with Crippen LogP contribution in [-0.2, 0) is 14.6 Å². The van der Waals surface area contributed by atoms with Gasteiger partial charge in [-0.25, -0.2) is 8.42 Å². The zero-order chi connectivity index (χ0) is 20.1. The van der Waals surface area contributed by atoms with E-state index in [-0.39, 0.29) is 22.3 Å². The van der Waals surface area contributed by atoms with Crippen LogP contribution in [0.4, 0.5) is 5.69 Å². The van der Waals surface area contributed by atoms with Crippen molar-refractivity contribution in [1.82, 2.24) is 14.8 Å². The number of sulfone groups is 1. The van der Waals surface area contributed by atoms with Crippen molar-refractivity contribution in [3.05, 3.63) is 60.4 Å². The van der Waals surface area contributed by atoms with Crippen LogP contribution in [0.25, 0.3) is 5.69 Å². The molecule has 1 N–H and O–H groups in total. The van der Waals surface area contributed by atoms with Gasteiger partial charge in [-0.15, -0.1) is 10.2 Å². The first-order chi connectivity index (χ1) is 13.4. The molecule has 1 aromatic heterocycles. The maximum atomic E-state index is 12.2. The minimum atomic E-state index is -3.25. The van der Waals surface area contributed by atoms with Crippen LogP contribution < -0.4 is 5.32 Å². The molecule has 0 bridgehead atoms. The Kier molecular flexibility index (Phi) is 6.15. The lowest BCUT2D eigenvalue weighted by atomic mass is 10.2. The van der Waals surface area contributed by atoms with Crippen LogP contribution in [0.3, 0.4) is 0 Å². The molecule has 1 heterocycles. The van der Waals surface area contributed by atoms with Gasteiger partial charge in [0.1, 0.15) is 6.33 Å². The zero-order valence-electron chi connectivity index (χ0n) is 15.5. The summed E-state index contributed by atoms with van der Waals surface area (Å²) < 4.78 is 25.5. The fraction of sp³-hybridized carbons (Fsp3) is 0.211. The van der Waals surface area contributed by atoms with Gasteiger partial charge in [0.05, 0.1) is 16.4 Å².